The molecule has 1 aromatic carbocycles. The summed E-state index contributed by atoms with van der Waals surface area (Å²) in [6.45, 7) is 4.92. The highest BCUT2D eigenvalue weighted by molar-refractivity contribution is 6.30. The normalized spacial score (nSPS) is 30.1. The fourth-order valence-electron chi connectivity index (χ4n) is 3.72. The molecule has 2 atom stereocenters. The van der Waals surface area contributed by atoms with Crippen LogP contribution in [0.5, 0.6) is 0 Å². The number of benzene rings is 1. The van der Waals surface area contributed by atoms with Crippen LogP contribution < -0.4 is 0 Å². The van der Waals surface area contributed by atoms with E-state index < -0.39 is 0 Å². The molecule has 1 heterocycles. The Morgan fingerprint density at radius 3 is 2.39 bits per heavy atom. The summed E-state index contributed by atoms with van der Waals surface area (Å²) >= 11 is 5.98. The molecule has 0 spiro atoms. The van der Waals surface area contributed by atoms with Crippen molar-refractivity contribution in [1.29, 1.82) is 0 Å². The number of likely N-dealkylation sites (tertiary alicyclic amines) is 1. The van der Waals surface area contributed by atoms with E-state index in [1.807, 2.05) is 12.1 Å². The third kappa shape index (κ3) is 2.44. The summed E-state index contributed by atoms with van der Waals surface area (Å²) in [6.07, 6.45) is 5.70. The molecule has 1 saturated carbocycles. The molecule has 1 nitrogen and oxygen atoms in total. The van der Waals surface area contributed by atoms with Gasteiger partial charge in [-0.05, 0) is 36.5 Å². The first-order valence-corrected chi connectivity index (χ1v) is 7.61. The van der Waals surface area contributed by atoms with Crippen LogP contribution in [0.15, 0.2) is 24.3 Å². The molecule has 1 unspecified atom stereocenters. The van der Waals surface area contributed by atoms with E-state index in [0.29, 0.717) is 5.92 Å². The van der Waals surface area contributed by atoms with Gasteiger partial charge in [0.1, 0.15) is 0 Å². The highest BCUT2D eigenvalue weighted by Crippen LogP contribution is 2.36. The Labute approximate surface area is 115 Å². The van der Waals surface area contributed by atoms with Crippen molar-refractivity contribution < 1.29 is 0 Å². The SMILES string of the molecule is CC1CN(C2CCCC2)C[C@H]1c1ccc(Cl)cc1. The van der Waals surface area contributed by atoms with Crippen molar-refractivity contribution in [2.75, 3.05) is 13.1 Å². The van der Waals surface area contributed by atoms with Gasteiger partial charge in [-0.1, -0.05) is 43.5 Å². The molecule has 1 aliphatic heterocycles. The Bertz CT molecular complexity index is 394. The summed E-state index contributed by atoms with van der Waals surface area (Å²) in [7, 11) is 0. The van der Waals surface area contributed by atoms with Gasteiger partial charge in [-0.15, -0.1) is 0 Å². The lowest BCUT2D eigenvalue weighted by molar-refractivity contribution is 0.238. The van der Waals surface area contributed by atoms with Crippen molar-refractivity contribution >= 4 is 11.6 Å². The van der Waals surface area contributed by atoms with Crippen LogP contribution in [0, 0.1) is 5.92 Å². The fourth-order valence-corrected chi connectivity index (χ4v) is 3.84. The van der Waals surface area contributed by atoms with Crippen LogP contribution in [-0.4, -0.2) is 24.0 Å². The smallest absolute Gasteiger partial charge is 0.0406 e. The molecular formula is C16H22ClN. The number of nitrogens with zero attached hydrogens (tertiary/aromatic N) is 1. The molecule has 1 saturated heterocycles. The van der Waals surface area contributed by atoms with Gasteiger partial charge in [0.15, 0.2) is 0 Å². The van der Waals surface area contributed by atoms with Crippen molar-refractivity contribution in [2.24, 2.45) is 5.92 Å². The molecule has 0 bridgehead atoms. The van der Waals surface area contributed by atoms with Crippen LogP contribution in [0.25, 0.3) is 0 Å². The maximum absolute atomic E-state index is 5.98. The van der Waals surface area contributed by atoms with Gasteiger partial charge >= 0.3 is 0 Å². The Balaban J connectivity index is 1.71. The lowest BCUT2D eigenvalue weighted by atomic mass is 9.90. The summed E-state index contributed by atoms with van der Waals surface area (Å²) in [4.78, 5) is 2.73. The second-order valence-electron chi connectivity index (χ2n) is 6.03. The molecule has 98 valence electrons. The van der Waals surface area contributed by atoms with Crippen molar-refractivity contribution in [3.63, 3.8) is 0 Å². The van der Waals surface area contributed by atoms with E-state index in [2.05, 4.69) is 24.0 Å². The molecule has 1 aromatic rings. The maximum atomic E-state index is 5.98. The predicted molar refractivity (Wildman–Crippen MR) is 77.2 cm³/mol. The Morgan fingerprint density at radius 1 is 1.06 bits per heavy atom. The predicted octanol–water partition coefficient (Wildman–Crippen LogP) is 4.32. The first-order valence-electron chi connectivity index (χ1n) is 7.23. The molecule has 3 rings (SSSR count). The van der Waals surface area contributed by atoms with E-state index >= 15 is 0 Å². The standard InChI is InChI=1S/C16H22ClN/c1-12-10-18(15-4-2-3-5-15)11-16(12)13-6-8-14(17)9-7-13/h6-9,12,15-16H,2-5,10-11H2,1H3/t12?,16-/m1/s1. The quantitative estimate of drug-likeness (QED) is 0.768. The molecule has 2 heteroatoms. The number of rotatable bonds is 2. The van der Waals surface area contributed by atoms with Gasteiger partial charge in [-0.3, -0.25) is 4.90 Å². The van der Waals surface area contributed by atoms with Gasteiger partial charge in [0, 0.05) is 30.1 Å². The average molecular weight is 264 g/mol. The monoisotopic (exact) mass is 263 g/mol. The lowest BCUT2D eigenvalue weighted by Crippen LogP contribution is -2.31. The molecule has 1 aliphatic carbocycles. The highest BCUT2D eigenvalue weighted by atomic mass is 35.5. The van der Waals surface area contributed by atoms with Crippen LogP contribution >= 0.6 is 11.6 Å². The third-order valence-electron chi connectivity index (χ3n) is 4.78. The minimum absolute atomic E-state index is 0.697. The largest absolute Gasteiger partial charge is 0.299 e. The minimum Gasteiger partial charge on any atom is -0.299 e. The molecular weight excluding hydrogens is 242 g/mol. The minimum atomic E-state index is 0.697. The zero-order chi connectivity index (χ0) is 12.5. The van der Waals surface area contributed by atoms with Crippen molar-refractivity contribution in [1.82, 2.24) is 4.90 Å². The molecule has 0 radical (unpaired) electrons. The Kier molecular flexibility index (Phi) is 3.63. The summed E-state index contributed by atoms with van der Waals surface area (Å²) in [5, 5.41) is 0.844. The van der Waals surface area contributed by atoms with Crippen LogP contribution in [0.2, 0.25) is 5.02 Å². The first kappa shape index (κ1) is 12.5. The molecule has 2 aliphatic rings. The molecule has 0 N–H and O–H groups in total. The van der Waals surface area contributed by atoms with E-state index in [1.165, 1.54) is 44.3 Å². The van der Waals surface area contributed by atoms with Gasteiger partial charge < -0.3 is 0 Å². The number of halogens is 1. The lowest BCUT2D eigenvalue weighted by Gasteiger charge is -2.23. The van der Waals surface area contributed by atoms with Gasteiger partial charge in [-0.2, -0.15) is 0 Å². The average Bonchev–Trinajstić information content (AvgIpc) is 2.99. The van der Waals surface area contributed by atoms with E-state index in [1.54, 1.807) is 0 Å². The Morgan fingerprint density at radius 2 is 1.72 bits per heavy atom. The zero-order valence-corrected chi connectivity index (χ0v) is 11.9. The highest BCUT2D eigenvalue weighted by Gasteiger charge is 2.35. The van der Waals surface area contributed by atoms with Crippen molar-refractivity contribution in [3.8, 4) is 0 Å². The van der Waals surface area contributed by atoms with Gasteiger partial charge in [0.05, 0.1) is 0 Å². The van der Waals surface area contributed by atoms with E-state index in [9.17, 15) is 0 Å². The fraction of sp³-hybridized carbons (Fsp3) is 0.625. The summed E-state index contributed by atoms with van der Waals surface area (Å²) in [6, 6.07) is 9.34. The topological polar surface area (TPSA) is 3.24 Å². The zero-order valence-electron chi connectivity index (χ0n) is 11.1. The second-order valence-corrected chi connectivity index (χ2v) is 6.46. The van der Waals surface area contributed by atoms with Crippen LogP contribution in [0.3, 0.4) is 0 Å². The van der Waals surface area contributed by atoms with E-state index in [4.69, 9.17) is 11.6 Å². The van der Waals surface area contributed by atoms with Gasteiger partial charge in [-0.25, -0.2) is 0 Å². The Hall–Kier alpha value is -0.530. The van der Waals surface area contributed by atoms with Gasteiger partial charge in [0.25, 0.3) is 0 Å². The molecule has 18 heavy (non-hydrogen) atoms. The third-order valence-corrected chi connectivity index (χ3v) is 5.03. The van der Waals surface area contributed by atoms with E-state index in [-0.39, 0.29) is 0 Å². The molecule has 0 amide bonds. The van der Waals surface area contributed by atoms with Crippen molar-refractivity contribution in [3.05, 3.63) is 34.9 Å². The van der Waals surface area contributed by atoms with Crippen LogP contribution in [-0.2, 0) is 0 Å². The maximum Gasteiger partial charge on any atom is 0.0406 e. The molecule has 0 aromatic heterocycles. The van der Waals surface area contributed by atoms with Crippen LogP contribution in [0.1, 0.15) is 44.1 Å². The van der Waals surface area contributed by atoms with Gasteiger partial charge in [0.2, 0.25) is 0 Å². The summed E-state index contributed by atoms with van der Waals surface area (Å²) < 4.78 is 0. The first-order chi connectivity index (χ1) is 8.74. The number of hydrogen-bond donors (Lipinski definition) is 0. The van der Waals surface area contributed by atoms with Crippen molar-refractivity contribution in [2.45, 2.75) is 44.6 Å². The number of hydrogen-bond acceptors (Lipinski definition) is 1. The molecule has 2 fully saturated rings. The second kappa shape index (κ2) is 5.22. The van der Waals surface area contributed by atoms with E-state index in [0.717, 1.165) is 17.0 Å². The van der Waals surface area contributed by atoms with Crippen LogP contribution in [0.4, 0.5) is 0 Å². The summed E-state index contributed by atoms with van der Waals surface area (Å²) in [5.74, 6) is 1.47. The summed E-state index contributed by atoms with van der Waals surface area (Å²) in [5.41, 5.74) is 1.47.